The third kappa shape index (κ3) is 8.24. The van der Waals surface area contributed by atoms with E-state index in [1.807, 2.05) is 0 Å². The second-order valence-corrected chi connectivity index (χ2v) is 12.7. The maximum atomic E-state index is 13.0. The number of ether oxygens (including phenoxy) is 1. The standard InChI is InChI=1S/C17H22ClN2O15P3/c18-11-3-1-2-10(8-11)4-6-19-13(21)5-7-20(17(19)24)16-15(23)14(22)12(33-16)9-32-37(28,29)35-38(30,31)34-36(25,26)27/h1-3,5,7-8,12,14-16,22-23H,4,6,9H2,(H,28,29)(H,30,31)(H2,25,26,27)/t12-,14+,15?,16-/m1/s1. The summed E-state index contributed by atoms with van der Waals surface area (Å²) >= 11 is 5.94. The minimum absolute atomic E-state index is 0.0698. The Kier molecular flexibility index (Phi) is 9.73. The summed E-state index contributed by atoms with van der Waals surface area (Å²) in [5.41, 5.74) is -0.840. The van der Waals surface area contributed by atoms with Crippen LogP contribution in [0.5, 0.6) is 0 Å². The highest BCUT2D eigenvalue weighted by Gasteiger charge is 2.46. The number of aliphatic hydroxyl groups excluding tert-OH is 2. The molecule has 21 heteroatoms. The summed E-state index contributed by atoms with van der Waals surface area (Å²) in [6.07, 6.45) is -5.58. The number of rotatable bonds is 11. The molecule has 3 rings (SSSR count). The van der Waals surface area contributed by atoms with Crippen LogP contribution in [0.15, 0.2) is 46.1 Å². The van der Waals surface area contributed by atoms with E-state index in [0.29, 0.717) is 5.02 Å². The Morgan fingerprint density at radius 1 is 0.974 bits per heavy atom. The molecule has 17 nitrogen and oxygen atoms in total. The summed E-state index contributed by atoms with van der Waals surface area (Å²) in [6, 6.07) is 7.74. The van der Waals surface area contributed by atoms with Gasteiger partial charge in [0, 0.05) is 23.8 Å². The predicted octanol–water partition coefficient (Wildman–Crippen LogP) is -0.131. The van der Waals surface area contributed by atoms with Crippen molar-refractivity contribution in [2.75, 3.05) is 6.61 Å². The molecule has 0 spiro atoms. The van der Waals surface area contributed by atoms with Gasteiger partial charge in [-0.1, -0.05) is 23.7 Å². The van der Waals surface area contributed by atoms with Crippen LogP contribution in [0.3, 0.4) is 0 Å². The van der Waals surface area contributed by atoms with Crippen molar-refractivity contribution in [2.24, 2.45) is 0 Å². The molecule has 6 N–H and O–H groups in total. The molecule has 212 valence electrons. The highest BCUT2D eigenvalue weighted by atomic mass is 35.5. The first-order valence-corrected chi connectivity index (χ1v) is 15.2. The van der Waals surface area contributed by atoms with Crippen molar-refractivity contribution < 1.29 is 61.4 Å². The van der Waals surface area contributed by atoms with Gasteiger partial charge < -0.3 is 34.5 Å². The number of aromatic nitrogens is 2. The number of hydrogen-bond donors (Lipinski definition) is 6. The molecular formula is C17H22ClN2O15P3. The lowest BCUT2D eigenvalue weighted by Crippen LogP contribution is -2.43. The van der Waals surface area contributed by atoms with E-state index < -0.39 is 65.9 Å². The second kappa shape index (κ2) is 11.9. The molecule has 1 saturated heterocycles. The number of nitrogens with zero attached hydrogens (tertiary/aromatic N) is 2. The van der Waals surface area contributed by atoms with E-state index in [4.69, 9.17) is 26.1 Å². The van der Waals surface area contributed by atoms with Gasteiger partial charge in [-0.25, -0.2) is 18.5 Å². The lowest BCUT2D eigenvalue weighted by atomic mass is 10.1. The largest absolute Gasteiger partial charge is 0.490 e. The summed E-state index contributed by atoms with van der Waals surface area (Å²) < 4.78 is 52.6. The third-order valence-electron chi connectivity index (χ3n) is 5.04. The highest BCUT2D eigenvalue weighted by Crippen LogP contribution is 2.66. The number of benzene rings is 1. The molecule has 1 aliphatic heterocycles. The molecule has 2 heterocycles. The fourth-order valence-corrected chi connectivity index (χ4v) is 6.67. The summed E-state index contributed by atoms with van der Waals surface area (Å²) in [7, 11) is -16.9. The van der Waals surface area contributed by atoms with Gasteiger partial charge in [0.2, 0.25) is 0 Å². The minimum Gasteiger partial charge on any atom is -0.387 e. The minimum atomic E-state index is -5.77. The zero-order valence-corrected chi connectivity index (χ0v) is 22.3. The highest BCUT2D eigenvalue weighted by molar-refractivity contribution is 7.66. The molecule has 38 heavy (non-hydrogen) atoms. The lowest BCUT2D eigenvalue weighted by molar-refractivity contribution is -0.0548. The smallest absolute Gasteiger partial charge is 0.387 e. The molecular weight excluding hydrogens is 601 g/mol. The monoisotopic (exact) mass is 622 g/mol. The van der Waals surface area contributed by atoms with Crippen LogP contribution < -0.4 is 11.2 Å². The lowest BCUT2D eigenvalue weighted by Gasteiger charge is -2.19. The molecule has 0 bridgehead atoms. The third-order valence-corrected chi connectivity index (χ3v) is 9.08. The Morgan fingerprint density at radius 2 is 1.66 bits per heavy atom. The SMILES string of the molecule is O=c1ccn([C@@H]2O[C@H](COP(=O)(O)OP(=O)(O)OP(=O)(O)O)[C@H](O)C2O)c(=O)n1CCc1cccc(Cl)c1. The zero-order valence-electron chi connectivity index (χ0n) is 18.9. The average molecular weight is 623 g/mol. The molecule has 0 saturated carbocycles. The number of aryl methyl sites for hydroxylation is 1. The van der Waals surface area contributed by atoms with E-state index in [0.717, 1.165) is 27.0 Å². The molecule has 0 aliphatic carbocycles. The quantitative estimate of drug-likeness (QED) is 0.178. The van der Waals surface area contributed by atoms with Gasteiger partial charge in [-0.3, -0.25) is 18.5 Å². The van der Waals surface area contributed by atoms with Gasteiger partial charge in [0.1, 0.15) is 18.3 Å². The van der Waals surface area contributed by atoms with Gasteiger partial charge in [-0.2, -0.15) is 8.62 Å². The first kappa shape index (κ1) is 31.0. The maximum absolute atomic E-state index is 13.0. The Labute approximate surface area is 217 Å². The van der Waals surface area contributed by atoms with Gasteiger partial charge in [-0.05, 0) is 24.1 Å². The maximum Gasteiger partial charge on any atom is 0.490 e. The van der Waals surface area contributed by atoms with Crippen LogP contribution in [0.25, 0.3) is 0 Å². The van der Waals surface area contributed by atoms with Crippen LogP contribution in [0.4, 0.5) is 0 Å². The number of halogens is 1. The normalized spacial score (nSPS) is 25.1. The van der Waals surface area contributed by atoms with E-state index >= 15 is 0 Å². The Balaban J connectivity index is 1.72. The Morgan fingerprint density at radius 3 is 2.29 bits per heavy atom. The van der Waals surface area contributed by atoms with Crippen molar-refractivity contribution in [3.05, 3.63) is 68.0 Å². The molecule has 1 aromatic carbocycles. The van der Waals surface area contributed by atoms with Gasteiger partial charge in [0.25, 0.3) is 5.56 Å². The van der Waals surface area contributed by atoms with Crippen LogP contribution in [-0.2, 0) is 44.5 Å². The van der Waals surface area contributed by atoms with Crippen LogP contribution >= 0.6 is 35.1 Å². The van der Waals surface area contributed by atoms with Crippen molar-refractivity contribution in [1.29, 1.82) is 0 Å². The molecule has 0 amide bonds. The first-order chi connectivity index (χ1) is 17.5. The van der Waals surface area contributed by atoms with Crippen LogP contribution in [0, 0.1) is 0 Å². The Hall–Kier alpha value is -1.52. The molecule has 3 unspecified atom stereocenters. The van der Waals surface area contributed by atoms with Crippen molar-refractivity contribution in [2.45, 2.75) is 37.5 Å². The fourth-order valence-electron chi connectivity index (χ4n) is 3.43. The molecule has 2 aromatic rings. The number of hydrogen-bond acceptors (Lipinski definition) is 11. The van der Waals surface area contributed by atoms with Crippen molar-refractivity contribution in [3.63, 3.8) is 0 Å². The van der Waals surface area contributed by atoms with Crippen LogP contribution in [0.1, 0.15) is 11.8 Å². The van der Waals surface area contributed by atoms with Gasteiger partial charge in [-0.15, -0.1) is 0 Å². The van der Waals surface area contributed by atoms with Gasteiger partial charge in [0.15, 0.2) is 6.23 Å². The molecule has 0 radical (unpaired) electrons. The topological polar surface area (TPSA) is 254 Å². The van der Waals surface area contributed by atoms with E-state index in [9.17, 15) is 43.3 Å². The second-order valence-electron chi connectivity index (χ2n) is 7.81. The number of aliphatic hydroxyl groups is 2. The first-order valence-electron chi connectivity index (χ1n) is 10.3. The van der Waals surface area contributed by atoms with Crippen molar-refractivity contribution in [3.8, 4) is 0 Å². The van der Waals surface area contributed by atoms with Gasteiger partial charge in [0.05, 0.1) is 6.61 Å². The summed E-state index contributed by atoms with van der Waals surface area (Å²) in [6.45, 7) is -1.14. The van der Waals surface area contributed by atoms with E-state index in [2.05, 4.69) is 13.1 Å². The fraction of sp³-hybridized carbons (Fsp3) is 0.412. The van der Waals surface area contributed by atoms with Crippen molar-refractivity contribution >= 4 is 35.1 Å². The zero-order chi connectivity index (χ0) is 28.5. The van der Waals surface area contributed by atoms with E-state index in [1.165, 1.54) is 0 Å². The Bertz CT molecular complexity index is 1420. The molecule has 1 aromatic heterocycles. The van der Waals surface area contributed by atoms with Crippen LogP contribution in [0.2, 0.25) is 5.02 Å². The summed E-state index contributed by atoms with van der Waals surface area (Å²) in [4.78, 5) is 61.1. The molecule has 6 atom stereocenters. The predicted molar refractivity (Wildman–Crippen MR) is 126 cm³/mol. The molecule has 1 aliphatic rings. The van der Waals surface area contributed by atoms with E-state index in [1.54, 1.807) is 24.3 Å². The average Bonchev–Trinajstić information content (AvgIpc) is 3.04. The van der Waals surface area contributed by atoms with Crippen LogP contribution in [-0.4, -0.2) is 63.8 Å². The molecule has 1 fully saturated rings. The number of phosphoric ester groups is 1. The van der Waals surface area contributed by atoms with E-state index in [-0.39, 0.29) is 13.0 Å². The number of phosphoric acid groups is 3. The van der Waals surface area contributed by atoms with Gasteiger partial charge >= 0.3 is 29.2 Å². The summed E-state index contributed by atoms with van der Waals surface area (Å²) in [5, 5.41) is 21.1. The summed E-state index contributed by atoms with van der Waals surface area (Å²) in [5.74, 6) is 0. The van der Waals surface area contributed by atoms with Crippen molar-refractivity contribution in [1.82, 2.24) is 9.13 Å².